The molecule has 12 nitrogen and oxygen atoms in total. The zero-order valence-corrected chi connectivity index (χ0v) is 31.8. The van der Waals surface area contributed by atoms with Crippen LogP contribution >= 0.6 is 11.6 Å². The van der Waals surface area contributed by atoms with Crippen molar-refractivity contribution in [2.24, 2.45) is 5.41 Å². The van der Waals surface area contributed by atoms with Crippen LogP contribution in [0.25, 0.3) is 0 Å². The van der Waals surface area contributed by atoms with E-state index in [1.165, 1.54) is 0 Å². The van der Waals surface area contributed by atoms with Crippen molar-refractivity contribution in [3.05, 3.63) is 130 Å². The molecule has 3 amide bonds. The molecule has 0 unspecified atom stereocenters. The third-order valence-corrected chi connectivity index (χ3v) is 9.26. The van der Waals surface area contributed by atoms with Crippen molar-refractivity contribution in [3.63, 3.8) is 0 Å². The van der Waals surface area contributed by atoms with Crippen LogP contribution in [-0.2, 0) is 21.5 Å². The largest absolute Gasteiger partial charge is 0.454 e. The fraction of sp³-hybridized carbons (Fsp3) is 0.268. The number of hydrogen-bond acceptors (Lipinski definition) is 9. The number of alkyl halides is 3. The van der Waals surface area contributed by atoms with Crippen molar-refractivity contribution in [2.75, 3.05) is 35.6 Å². The molecule has 0 spiro atoms. The van der Waals surface area contributed by atoms with Crippen molar-refractivity contribution < 1.29 is 32.3 Å². The minimum atomic E-state index is -4.61. The Bertz CT molecular complexity index is 2180. The van der Waals surface area contributed by atoms with Crippen molar-refractivity contribution >= 4 is 52.6 Å². The number of carbonyl (C=O) groups excluding carboxylic acids is 3. The maximum Gasteiger partial charge on any atom is 0.422 e. The van der Waals surface area contributed by atoms with E-state index < -0.39 is 41.6 Å². The Morgan fingerprint density at radius 3 is 2.00 bits per heavy atom. The zero-order valence-electron chi connectivity index (χ0n) is 31.0. The summed E-state index contributed by atoms with van der Waals surface area (Å²) in [6, 6.07) is 30.2. The number of benzene rings is 4. The lowest BCUT2D eigenvalue weighted by Gasteiger charge is -2.25. The summed E-state index contributed by atoms with van der Waals surface area (Å²) < 4.78 is 43.8. The predicted octanol–water partition coefficient (Wildman–Crippen LogP) is 7.41. The standard InChI is InChI=1S/C41H40ClF3N8O4/c1-39(2,24-47-34(55)35(56)48-31-16-8-27(9-17-31)22-26-6-4-3-5-7-26)23-46-33(54)28-10-18-32(19-11-28)49-36-50-37(52-38(51-36)57-25-41(43,44)45)53-40(20-21-40)29-12-14-30(42)15-13-29/h3-19H,20-25H2,1-2H3,(H,46,54)(H,47,55)(H,48,56)(H2,49,50,51,52,53). The van der Waals surface area contributed by atoms with Gasteiger partial charge in [0.2, 0.25) is 11.9 Å². The summed E-state index contributed by atoms with van der Waals surface area (Å²) >= 11 is 6.04. The van der Waals surface area contributed by atoms with Crippen molar-refractivity contribution in [1.29, 1.82) is 0 Å². The third kappa shape index (κ3) is 11.9. The highest BCUT2D eigenvalue weighted by atomic mass is 35.5. The molecular weight excluding hydrogens is 761 g/mol. The third-order valence-electron chi connectivity index (χ3n) is 9.01. The highest BCUT2D eigenvalue weighted by Crippen LogP contribution is 2.48. The highest BCUT2D eigenvalue weighted by Gasteiger charge is 2.45. The topological polar surface area (TPSA) is 159 Å². The molecule has 6 rings (SSSR count). The number of ether oxygens (including phenoxy) is 1. The Balaban J connectivity index is 0.996. The normalized spacial score (nSPS) is 13.2. The maximum atomic E-state index is 13.0. The maximum absolute atomic E-state index is 13.0. The molecule has 4 aromatic carbocycles. The Morgan fingerprint density at radius 1 is 0.737 bits per heavy atom. The molecule has 0 atom stereocenters. The Kier molecular flexibility index (Phi) is 12.3. The van der Waals surface area contributed by atoms with Gasteiger partial charge >= 0.3 is 24.0 Å². The molecule has 16 heteroatoms. The van der Waals surface area contributed by atoms with Gasteiger partial charge in [0, 0.05) is 35.1 Å². The van der Waals surface area contributed by atoms with Gasteiger partial charge in [0.15, 0.2) is 6.61 Å². The first-order valence-corrected chi connectivity index (χ1v) is 18.4. The summed E-state index contributed by atoms with van der Waals surface area (Å²) in [5.41, 5.74) is 3.26. The monoisotopic (exact) mass is 800 g/mol. The molecule has 0 radical (unpaired) electrons. The second-order valence-electron chi connectivity index (χ2n) is 14.4. The lowest BCUT2D eigenvalue weighted by molar-refractivity contribution is -0.154. The van der Waals surface area contributed by atoms with Crippen LogP contribution in [0.2, 0.25) is 5.02 Å². The van der Waals surface area contributed by atoms with Gasteiger partial charge in [-0.15, -0.1) is 0 Å². The van der Waals surface area contributed by atoms with Crippen molar-refractivity contribution in [3.8, 4) is 6.01 Å². The Hall–Kier alpha value is -6.22. The number of nitrogens with zero attached hydrogens (tertiary/aromatic N) is 3. The van der Waals surface area contributed by atoms with Gasteiger partial charge in [0.05, 0.1) is 5.54 Å². The fourth-order valence-electron chi connectivity index (χ4n) is 5.72. The first-order chi connectivity index (χ1) is 27.1. The highest BCUT2D eigenvalue weighted by molar-refractivity contribution is 6.39. The number of rotatable bonds is 15. The van der Waals surface area contributed by atoms with E-state index in [1.54, 1.807) is 48.5 Å². The summed E-state index contributed by atoms with van der Waals surface area (Å²) in [6.07, 6.45) is -2.39. The van der Waals surface area contributed by atoms with Gasteiger partial charge in [0.25, 0.3) is 5.91 Å². The van der Waals surface area contributed by atoms with Crippen LogP contribution in [0.1, 0.15) is 53.7 Å². The lowest BCUT2D eigenvalue weighted by Crippen LogP contribution is -2.44. The molecule has 0 saturated heterocycles. The van der Waals surface area contributed by atoms with Crippen LogP contribution in [0.5, 0.6) is 6.01 Å². The van der Waals surface area contributed by atoms with Crippen LogP contribution < -0.4 is 31.3 Å². The van der Waals surface area contributed by atoms with Crippen LogP contribution in [0, 0.1) is 5.41 Å². The average molecular weight is 801 g/mol. The average Bonchev–Trinajstić information content (AvgIpc) is 3.97. The first kappa shape index (κ1) is 40.4. The Labute approximate surface area is 332 Å². The van der Waals surface area contributed by atoms with Crippen molar-refractivity contribution in [1.82, 2.24) is 25.6 Å². The molecule has 57 heavy (non-hydrogen) atoms. The van der Waals surface area contributed by atoms with Gasteiger partial charge in [-0.2, -0.15) is 28.1 Å². The van der Waals surface area contributed by atoms with E-state index in [0.29, 0.717) is 22.0 Å². The molecule has 0 bridgehead atoms. The molecule has 0 aliphatic heterocycles. The second-order valence-corrected chi connectivity index (χ2v) is 14.9. The number of amides is 3. The van der Waals surface area contributed by atoms with E-state index in [2.05, 4.69) is 41.5 Å². The molecule has 296 valence electrons. The summed E-state index contributed by atoms with van der Waals surface area (Å²) in [6.45, 7) is 2.35. The number of halogens is 4. The number of nitrogens with one attached hydrogen (secondary N) is 5. The summed E-state index contributed by atoms with van der Waals surface area (Å²) in [5.74, 6) is -2.07. The molecule has 1 heterocycles. The van der Waals surface area contributed by atoms with E-state index in [-0.39, 0.29) is 30.9 Å². The molecule has 1 fully saturated rings. The fourth-order valence-corrected chi connectivity index (χ4v) is 5.84. The minimum absolute atomic E-state index is 0.0111. The van der Waals surface area contributed by atoms with Gasteiger partial charge < -0.3 is 31.3 Å². The van der Waals surface area contributed by atoms with Gasteiger partial charge in [0.1, 0.15) is 0 Å². The Morgan fingerprint density at radius 2 is 1.35 bits per heavy atom. The summed E-state index contributed by atoms with van der Waals surface area (Å²) in [5, 5.41) is 14.8. The van der Waals surface area contributed by atoms with Crippen LogP contribution in [0.15, 0.2) is 103 Å². The van der Waals surface area contributed by atoms with Crippen molar-refractivity contribution in [2.45, 2.75) is 44.8 Å². The first-order valence-electron chi connectivity index (χ1n) is 18.0. The van der Waals surface area contributed by atoms with Gasteiger partial charge in [-0.25, -0.2) is 0 Å². The zero-order chi connectivity index (χ0) is 40.6. The summed E-state index contributed by atoms with van der Waals surface area (Å²) in [7, 11) is 0. The number of anilines is 4. The van der Waals surface area contributed by atoms with E-state index in [4.69, 9.17) is 16.3 Å². The van der Waals surface area contributed by atoms with E-state index in [1.807, 2.05) is 68.4 Å². The molecule has 1 aliphatic rings. The summed E-state index contributed by atoms with van der Waals surface area (Å²) in [4.78, 5) is 50.6. The molecular formula is C41H40ClF3N8O4. The van der Waals surface area contributed by atoms with Crippen LogP contribution in [-0.4, -0.2) is 58.5 Å². The van der Waals surface area contributed by atoms with E-state index in [9.17, 15) is 27.6 Å². The number of aromatic nitrogens is 3. The molecule has 1 aliphatic carbocycles. The lowest BCUT2D eigenvalue weighted by atomic mass is 9.93. The molecule has 1 aromatic heterocycles. The number of hydrogen-bond donors (Lipinski definition) is 5. The smallest absolute Gasteiger partial charge is 0.422 e. The second kappa shape index (κ2) is 17.3. The quantitative estimate of drug-likeness (QED) is 0.0680. The van der Waals surface area contributed by atoms with Gasteiger partial charge in [-0.05, 0) is 89.9 Å². The van der Waals surface area contributed by atoms with Gasteiger partial charge in [-0.3, -0.25) is 14.4 Å². The predicted molar refractivity (Wildman–Crippen MR) is 211 cm³/mol. The molecule has 5 N–H and O–H groups in total. The number of carbonyl (C=O) groups is 3. The van der Waals surface area contributed by atoms with Crippen LogP contribution in [0.4, 0.5) is 36.4 Å². The molecule has 1 saturated carbocycles. The van der Waals surface area contributed by atoms with E-state index in [0.717, 1.165) is 36.0 Å². The van der Waals surface area contributed by atoms with Gasteiger partial charge in [-0.1, -0.05) is 80.0 Å². The van der Waals surface area contributed by atoms with E-state index >= 15 is 0 Å². The van der Waals surface area contributed by atoms with Crippen LogP contribution in [0.3, 0.4) is 0 Å². The SMILES string of the molecule is CC(C)(CNC(=O)C(=O)Nc1ccc(Cc2ccccc2)cc1)CNC(=O)c1ccc(Nc2nc(NC3(c4ccc(Cl)cc4)CC3)nc(OCC(F)(F)F)n2)cc1. The minimum Gasteiger partial charge on any atom is -0.454 e. The molecule has 5 aromatic rings.